The first-order valence-electron chi connectivity index (χ1n) is 14.4. The second-order valence-electron chi connectivity index (χ2n) is 11.9. The summed E-state index contributed by atoms with van der Waals surface area (Å²) in [4.78, 5) is 25.1. The lowest BCUT2D eigenvalue weighted by Crippen LogP contribution is -2.61. The number of carbonyl (C=O) groups excluding carboxylic acids is 1. The number of aromatic nitrogens is 3. The highest BCUT2D eigenvalue weighted by Gasteiger charge is 2.49. The molecule has 1 amide bonds. The lowest BCUT2D eigenvalue weighted by atomic mass is 9.69. The first kappa shape index (κ1) is 26.5. The Balaban J connectivity index is 0.982. The van der Waals surface area contributed by atoms with E-state index in [1.165, 1.54) is 6.20 Å². The molecule has 3 saturated heterocycles. The molecule has 4 aliphatic heterocycles. The third-order valence-corrected chi connectivity index (χ3v) is 9.12. The van der Waals surface area contributed by atoms with Gasteiger partial charge in [-0.05, 0) is 56.7 Å². The van der Waals surface area contributed by atoms with E-state index in [2.05, 4.69) is 32.5 Å². The van der Waals surface area contributed by atoms with Crippen LogP contribution in [0.15, 0.2) is 30.5 Å². The number of anilines is 1. The van der Waals surface area contributed by atoms with Crippen LogP contribution in [0.5, 0.6) is 11.6 Å². The summed E-state index contributed by atoms with van der Waals surface area (Å²) in [5.74, 6) is 1.42. The molecule has 8 rings (SSSR count). The number of nitrogens with zero attached hydrogens (tertiary/aromatic N) is 3. The number of aryl methyl sites for hydroxylation is 1. The molecule has 1 saturated carbocycles. The predicted octanol–water partition coefficient (Wildman–Crippen LogP) is 3.71. The van der Waals surface area contributed by atoms with Crippen molar-refractivity contribution in [2.24, 2.45) is 5.92 Å². The minimum absolute atomic E-state index is 0.0140. The van der Waals surface area contributed by atoms with Gasteiger partial charge in [-0.25, -0.2) is 14.4 Å². The molecule has 0 radical (unpaired) electrons. The van der Waals surface area contributed by atoms with Gasteiger partial charge in [0.25, 0.3) is 5.91 Å². The summed E-state index contributed by atoms with van der Waals surface area (Å²) in [6.07, 6.45) is 6.30. The maximum Gasteiger partial charge on any atom is 0.263 e. The molecule has 7 heterocycles. The van der Waals surface area contributed by atoms with Crippen LogP contribution in [0, 0.1) is 11.7 Å². The van der Waals surface area contributed by atoms with Crippen molar-refractivity contribution in [3.8, 4) is 11.6 Å². The van der Waals surface area contributed by atoms with Crippen molar-refractivity contribution >= 4 is 22.8 Å². The molecule has 41 heavy (non-hydrogen) atoms. The normalized spacial score (nSPS) is 28.5. The number of ether oxygens (including phenoxy) is 4. The summed E-state index contributed by atoms with van der Waals surface area (Å²) >= 11 is 0. The number of halogens is 1. The topological polar surface area (TPSA) is 117 Å². The first-order chi connectivity index (χ1) is 19.9. The van der Waals surface area contributed by atoms with E-state index in [-0.39, 0.29) is 35.6 Å². The highest BCUT2D eigenvalue weighted by molar-refractivity contribution is 5.94. The van der Waals surface area contributed by atoms with Gasteiger partial charge in [0.1, 0.15) is 12.4 Å². The Morgan fingerprint density at radius 2 is 2.05 bits per heavy atom. The van der Waals surface area contributed by atoms with Crippen LogP contribution < -0.4 is 20.1 Å². The molecule has 10 nitrogen and oxygen atoms in total. The van der Waals surface area contributed by atoms with Gasteiger partial charge in [-0.1, -0.05) is 6.92 Å². The van der Waals surface area contributed by atoms with Crippen molar-refractivity contribution in [1.29, 1.82) is 0 Å². The quantitative estimate of drug-likeness (QED) is 0.402. The number of carbonyl (C=O) groups is 1. The third kappa shape index (κ3) is 5.22. The van der Waals surface area contributed by atoms with Gasteiger partial charge in [0.2, 0.25) is 5.88 Å². The molecule has 5 aliphatic rings. The number of amides is 1. The maximum absolute atomic E-state index is 15.1. The van der Waals surface area contributed by atoms with Gasteiger partial charge in [-0.2, -0.15) is 0 Å². The Hall–Kier alpha value is -3.41. The number of hydrogen-bond acceptors (Lipinski definition) is 9. The van der Waals surface area contributed by atoms with E-state index in [1.807, 2.05) is 18.2 Å². The maximum atomic E-state index is 15.1. The standard InChI is InChI=1S/C30H34FN5O5/c1-18-14-38-24(18)15-40-26-5-3-22-27(36-26)20(21(31)13-32-22)6-7-30-10-8-29(9-11-30,17-41-30)33-12-19-2-4-23-28(34-19)35-25(37)16-39-23/h2-5,13,18,24,33H,6-12,14-17H2,1H3,(H,34,35,37)/t18-,24+,29?,30?/m0/s1. The number of nitrogens with one attached hydrogen (secondary N) is 2. The van der Waals surface area contributed by atoms with Crippen molar-refractivity contribution < 1.29 is 28.1 Å². The molecule has 216 valence electrons. The Labute approximate surface area is 237 Å². The lowest BCUT2D eigenvalue weighted by molar-refractivity contribution is -0.165. The highest BCUT2D eigenvalue weighted by atomic mass is 19.1. The average Bonchev–Trinajstić information content (AvgIpc) is 2.99. The lowest BCUT2D eigenvalue weighted by Gasteiger charge is -2.53. The van der Waals surface area contributed by atoms with E-state index < -0.39 is 0 Å². The molecule has 2 bridgehead atoms. The second-order valence-corrected chi connectivity index (χ2v) is 11.9. The van der Waals surface area contributed by atoms with Crippen LogP contribution in [0.4, 0.5) is 10.2 Å². The molecular formula is C30H34FN5O5. The molecule has 3 aromatic rings. The molecule has 11 heteroatoms. The summed E-state index contributed by atoms with van der Waals surface area (Å²) in [5, 5.41) is 6.44. The van der Waals surface area contributed by atoms with Crippen molar-refractivity contribution in [2.75, 3.05) is 31.7 Å². The number of pyridine rings is 3. The fraction of sp³-hybridized carbons (Fsp3) is 0.533. The summed E-state index contributed by atoms with van der Waals surface area (Å²) in [5.41, 5.74) is 2.19. The van der Waals surface area contributed by atoms with Crippen molar-refractivity contribution in [2.45, 2.75) is 69.2 Å². The monoisotopic (exact) mass is 563 g/mol. The van der Waals surface area contributed by atoms with Crippen molar-refractivity contribution in [3.63, 3.8) is 0 Å². The molecule has 2 atom stereocenters. The van der Waals surface area contributed by atoms with Crippen LogP contribution in [0.25, 0.3) is 11.0 Å². The minimum Gasteiger partial charge on any atom is -0.480 e. The fourth-order valence-electron chi connectivity index (χ4n) is 6.25. The first-order valence-corrected chi connectivity index (χ1v) is 14.4. The van der Waals surface area contributed by atoms with Gasteiger partial charge in [0.15, 0.2) is 18.2 Å². The smallest absolute Gasteiger partial charge is 0.263 e. The zero-order chi connectivity index (χ0) is 28.0. The Morgan fingerprint density at radius 3 is 2.80 bits per heavy atom. The van der Waals surface area contributed by atoms with Crippen molar-refractivity contribution in [3.05, 3.63) is 47.5 Å². The van der Waals surface area contributed by atoms with Gasteiger partial charge < -0.3 is 29.6 Å². The van der Waals surface area contributed by atoms with E-state index in [4.69, 9.17) is 18.9 Å². The van der Waals surface area contributed by atoms with Crippen LogP contribution in [0.3, 0.4) is 0 Å². The Morgan fingerprint density at radius 1 is 1.17 bits per heavy atom. The number of rotatable bonds is 9. The van der Waals surface area contributed by atoms with E-state index in [9.17, 15) is 4.79 Å². The van der Waals surface area contributed by atoms with Crippen LogP contribution in [-0.4, -0.2) is 64.5 Å². The van der Waals surface area contributed by atoms with Gasteiger partial charge in [0.05, 0.1) is 47.8 Å². The Bertz CT molecular complexity index is 1460. The molecule has 1 aliphatic carbocycles. The highest BCUT2D eigenvalue weighted by Crippen LogP contribution is 2.46. The van der Waals surface area contributed by atoms with E-state index >= 15 is 4.39 Å². The summed E-state index contributed by atoms with van der Waals surface area (Å²) < 4.78 is 38.4. The van der Waals surface area contributed by atoms with Crippen LogP contribution in [0.2, 0.25) is 0 Å². The summed E-state index contributed by atoms with van der Waals surface area (Å²) in [7, 11) is 0. The number of hydrogen-bond donors (Lipinski definition) is 2. The molecule has 0 aromatic carbocycles. The zero-order valence-electron chi connectivity index (χ0n) is 23.1. The van der Waals surface area contributed by atoms with Gasteiger partial charge >= 0.3 is 0 Å². The molecule has 4 fully saturated rings. The SMILES string of the molecule is C[C@H]1CO[C@@H]1COc1ccc2ncc(F)c(CCC34CCC(NCc5ccc6c(n5)NC(=O)CO6)(CC3)CO4)c2n1. The van der Waals surface area contributed by atoms with Gasteiger partial charge in [-0.15, -0.1) is 0 Å². The van der Waals surface area contributed by atoms with Crippen LogP contribution in [0.1, 0.15) is 50.3 Å². The average molecular weight is 564 g/mol. The second kappa shape index (κ2) is 10.5. The summed E-state index contributed by atoms with van der Waals surface area (Å²) in [6, 6.07) is 7.37. The van der Waals surface area contributed by atoms with E-state index in [0.29, 0.717) is 72.6 Å². The molecule has 0 unspecified atom stereocenters. The largest absolute Gasteiger partial charge is 0.480 e. The number of fused-ring (bicyclic) bond motifs is 5. The molecule has 2 N–H and O–H groups in total. The fourth-order valence-corrected chi connectivity index (χ4v) is 6.25. The van der Waals surface area contributed by atoms with E-state index in [1.54, 1.807) is 6.07 Å². The van der Waals surface area contributed by atoms with Crippen LogP contribution in [-0.2, 0) is 27.2 Å². The third-order valence-electron chi connectivity index (χ3n) is 9.12. The predicted molar refractivity (Wildman–Crippen MR) is 147 cm³/mol. The molecule has 3 aromatic heterocycles. The zero-order valence-corrected chi connectivity index (χ0v) is 23.1. The van der Waals surface area contributed by atoms with E-state index in [0.717, 1.165) is 38.0 Å². The molecular weight excluding hydrogens is 529 g/mol. The minimum atomic E-state index is -0.351. The van der Waals surface area contributed by atoms with Crippen molar-refractivity contribution in [1.82, 2.24) is 20.3 Å². The Kier molecular flexibility index (Phi) is 6.75. The van der Waals surface area contributed by atoms with Gasteiger partial charge in [0, 0.05) is 29.6 Å². The molecule has 0 spiro atoms. The summed E-state index contributed by atoms with van der Waals surface area (Å²) in [6.45, 7) is 4.48. The van der Waals surface area contributed by atoms with Gasteiger partial charge in [-0.3, -0.25) is 9.78 Å². The van der Waals surface area contributed by atoms with Crippen LogP contribution >= 0.6 is 0 Å².